The van der Waals surface area contributed by atoms with Crippen molar-refractivity contribution in [1.29, 1.82) is 0 Å². The minimum Gasteiger partial charge on any atom is -0.289 e. The molecule has 0 radical (unpaired) electrons. The van der Waals surface area contributed by atoms with Crippen LogP contribution >= 0.6 is 0 Å². The quantitative estimate of drug-likeness (QED) is 0.195. The molecule has 0 atom stereocenters. The Hall–Kier alpha value is -1.17. The van der Waals surface area contributed by atoms with Crippen LogP contribution in [-0.2, 0) is 4.79 Å². The Morgan fingerprint density at radius 2 is 2.38 bits per heavy atom. The molecule has 0 aromatic heterocycles. The first kappa shape index (κ1) is 6.83. The fraction of sp³-hybridized carbons (Fsp3) is 0.500. The molecule has 0 rings (SSSR count). The van der Waals surface area contributed by atoms with Gasteiger partial charge in [-0.1, -0.05) is 0 Å². The second kappa shape index (κ2) is 2.92. The predicted molar refractivity (Wildman–Crippen MR) is 24.2 cm³/mol. The summed E-state index contributed by atoms with van der Waals surface area (Å²) in [7, 11) is 0. The van der Waals surface area contributed by atoms with Crippen molar-refractivity contribution in [2.45, 2.75) is 0 Å². The number of hydrogen-bond acceptors (Lipinski definition) is 4. The van der Waals surface area contributed by atoms with Crippen molar-refractivity contribution >= 4 is 5.91 Å². The number of hydrazine groups is 1. The van der Waals surface area contributed by atoms with Gasteiger partial charge in [-0.05, 0) is 0 Å². The van der Waals surface area contributed by atoms with Gasteiger partial charge in [-0.25, -0.2) is 5.84 Å². The molecule has 6 nitrogen and oxygen atoms in total. The number of carbonyl (C=O) groups excluding carboxylic acids is 1. The smallest absolute Gasteiger partial charge is 0.289 e. The number of hydrogen-bond donors (Lipinski definition) is 2. The van der Waals surface area contributed by atoms with Crippen molar-refractivity contribution in [3.05, 3.63) is 10.1 Å². The predicted octanol–water partition coefficient (Wildman–Crippen LogP) is -1.75. The summed E-state index contributed by atoms with van der Waals surface area (Å²) in [4.78, 5) is 18.6. The molecular weight excluding hydrogens is 114 g/mol. The van der Waals surface area contributed by atoms with E-state index in [-0.39, 0.29) is 0 Å². The van der Waals surface area contributed by atoms with Gasteiger partial charge in [-0.3, -0.25) is 20.3 Å². The van der Waals surface area contributed by atoms with Crippen LogP contribution in [0.3, 0.4) is 0 Å². The third-order valence-corrected chi connectivity index (χ3v) is 0.434. The van der Waals surface area contributed by atoms with Crippen LogP contribution in [0.25, 0.3) is 0 Å². The highest BCUT2D eigenvalue weighted by atomic mass is 16.6. The van der Waals surface area contributed by atoms with E-state index in [0.29, 0.717) is 0 Å². The highest BCUT2D eigenvalue weighted by Gasteiger charge is 2.04. The maximum absolute atomic E-state index is 9.94. The minimum absolute atomic E-state index is 0.762. The van der Waals surface area contributed by atoms with E-state index in [9.17, 15) is 14.9 Å². The van der Waals surface area contributed by atoms with E-state index in [1.165, 1.54) is 0 Å². The van der Waals surface area contributed by atoms with Gasteiger partial charge in [0.25, 0.3) is 6.54 Å². The van der Waals surface area contributed by atoms with Gasteiger partial charge in [0.15, 0.2) is 0 Å². The molecule has 0 aromatic rings. The zero-order chi connectivity index (χ0) is 6.57. The first-order valence-corrected chi connectivity index (χ1v) is 1.78. The summed E-state index contributed by atoms with van der Waals surface area (Å²) in [6.07, 6.45) is 0. The van der Waals surface area contributed by atoms with Crippen molar-refractivity contribution in [2.75, 3.05) is 6.54 Å². The number of rotatable bonds is 2. The summed E-state index contributed by atoms with van der Waals surface area (Å²) < 4.78 is 0. The maximum Gasteiger partial charge on any atom is 0.305 e. The zero-order valence-corrected chi connectivity index (χ0v) is 3.96. The zero-order valence-electron chi connectivity index (χ0n) is 3.96. The van der Waals surface area contributed by atoms with E-state index in [1.807, 2.05) is 0 Å². The van der Waals surface area contributed by atoms with E-state index >= 15 is 0 Å². The van der Waals surface area contributed by atoms with Gasteiger partial charge in [0, 0.05) is 4.92 Å². The Bertz CT molecular complexity index is 111. The van der Waals surface area contributed by atoms with E-state index in [4.69, 9.17) is 0 Å². The summed E-state index contributed by atoms with van der Waals surface area (Å²) in [6, 6.07) is 0. The third kappa shape index (κ3) is 3.04. The van der Waals surface area contributed by atoms with E-state index < -0.39 is 17.4 Å². The summed E-state index contributed by atoms with van der Waals surface area (Å²) in [5.41, 5.74) is 1.62. The number of carbonyl (C=O) groups is 1. The number of amides is 1. The van der Waals surface area contributed by atoms with Crippen molar-refractivity contribution in [3.8, 4) is 0 Å². The van der Waals surface area contributed by atoms with Crippen molar-refractivity contribution < 1.29 is 9.72 Å². The Kier molecular flexibility index (Phi) is 2.49. The van der Waals surface area contributed by atoms with Crippen LogP contribution in [0.15, 0.2) is 0 Å². The largest absolute Gasteiger partial charge is 0.305 e. The third-order valence-electron chi connectivity index (χ3n) is 0.434. The van der Waals surface area contributed by atoms with Crippen molar-refractivity contribution in [2.24, 2.45) is 5.84 Å². The molecule has 1 amide bonds. The Morgan fingerprint density at radius 1 is 1.88 bits per heavy atom. The summed E-state index contributed by atoms with van der Waals surface area (Å²) in [5, 5.41) is 9.46. The number of nitrogens with two attached hydrogens (primary N) is 1. The lowest BCUT2D eigenvalue weighted by atomic mass is 10.6. The van der Waals surface area contributed by atoms with Crippen molar-refractivity contribution in [1.82, 2.24) is 5.43 Å². The Labute approximate surface area is 44.8 Å². The average molecular weight is 119 g/mol. The molecule has 0 saturated heterocycles. The highest BCUT2D eigenvalue weighted by molar-refractivity contribution is 5.76. The summed E-state index contributed by atoms with van der Waals surface area (Å²) in [5.74, 6) is 3.72. The van der Waals surface area contributed by atoms with Crippen LogP contribution in [0.4, 0.5) is 0 Å². The second-order valence-corrected chi connectivity index (χ2v) is 1.06. The molecule has 0 aromatic carbocycles. The van der Waals surface area contributed by atoms with Gasteiger partial charge >= 0.3 is 5.91 Å². The SMILES string of the molecule is NNC(=O)C[N+](=O)[O-]. The van der Waals surface area contributed by atoms with Gasteiger partial charge in [-0.15, -0.1) is 0 Å². The Balaban J connectivity index is 3.40. The molecule has 8 heavy (non-hydrogen) atoms. The summed E-state index contributed by atoms with van der Waals surface area (Å²) in [6.45, 7) is -0.767. The fourth-order valence-corrected chi connectivity index (χ4v) is 0.163. The van der Waals surface area contributed by atoms with Crippen LogP contribution < -0.4 is 11.3 Å². The van der Waals surface area contributed by atoms with E-state index in [2.05, 4.69) is 5.84 Å². The molecule has 46 valence electrons. The molecule has 0 aliphatic rings. The van der Waals surface area contributed by atoms with Crippen LogP contribution in [0.2, 0.25) is 0 Å². The van der Waals surface area contributed by atoms with E-state index in [0.717, 1.165) is 0 Å². The lowest BCUT2D eigenvalue weighted by molar-refractivity contribution is -0.467. The molecule has 0 saturated carbocycles. The monoisotopic (exact) mass is 119 g/mol. The molecule has 6 heteroatoms. The lowest BCUT2D eigenvalue weighted by Crippen LogP contribution is -2.34. The molecule has 3 N–H and O–H groups in total. The molecule has 0 fully saturated rings. The van der Waals surface area contributed by atoms with Crippen LogP contribution in [-0.4, -0.2) is 17.4 Å². The molecular formula is C2H5N3O3. The van der Waals surface area contributed by atoms with Crippen molar-refractivity contribution in [3.63, 3.8) is 0 Å². The van der Waals surface area contributed by atoms with Gasteiger partial charge in [0.05, 0.1) is 0 Å². The molecule has 0 spiro atoms. The molecule has 0 unspecified atom stereocenters. The molecule has 0 aliphatic carbocycles. The van der Waals surface area contributed by atoms with Crippen LogP contribution in [0, 0.1) is 10.1 Å². The average Bonchev–Trinajstić information content (AvgIpc) is 1.65. The standard InChI is InChI=1S/C2H5N3O3/c3-4-2(6)1-5(7)8/h1,3H2,(H,4,6). The number of nitrogens with zero attached hydrogens (tertiary/aromatic N) is 1. The van der Waals surface area contributed by atoms with Gasteiger partial charge in [0.1, 0.15) is 0 Å². The topological polar surface area (TPSA) is 98.3 Å². The first-order chi connectivity index (χ1) is 3.66. The minimum atomic E-state index is -0.796. The van der Waals surface area contributed by atoms with E-state index in [1.54, 1.807) is 5.43 Å². The lowest BCUT2D eigenvalue weighted by Gasteiger charge is -1.88. The number of nitro groups is 1. The maximum atomic E-state index is 9.94. The fourth-order valence-electron chi connectivity index (χ4n) is 0.163. The highest BCUT2D eigenvalue weighted by Crippen LogP contribution is 1.64. The van der Waals surface area contributed by atoms with Gasteiger partial charge in [-0.2, -0.15) is 0 Å². The van der Waals surface area contributed by atoms with Gasteiger partial charge in [0.2, 0.25) is 0 Å². The van der Waals surface area contributed by atoms with Crippen LogP contribution in [0.1, 0.15) is 0 Å². The number of nitrogens with one attached hydrogen (secondary N) is 1. The first-order valence-electron chi connectivity index (χ1n) is 1.78. The molecule has 0 bridgehead atoms. The van der Waals surface area contributed by atoms with Crippen LogP contribution in [0.5, 0.6) is 0 Å². The van der Waals surface area contributed by atoms with Gasteiger partial charge < -0.3 is 0 Å². The normalized spacial score (nSPS) is 8.12. The second-order valence-electron chi connectivity index (χ2n) is 1.06. The Morgan fingerprint density at radius 3 is 2.50 bits per heavy atom. The molecule has 0 aliphatic heterocycles. The summed E-state index contributed by atoms with van der Waals surface area (Å²) >= 11 is 0. The molecule has 0 heterocycles.